The molecule has 1 rings (SSSR count). The van der Waals surface area contributed by atoms with Crippen LogP contribution < -0.4 is 0 Å². The largest absolute Gasteiger partial charge is 0.359 e. The molecule has 0 aliphatic carbocycles. The molecular weight excluding hydrogens is 144 g/mol. The summed E-state index contributed by atoms with van der Waals surface area (Å²) in [7, 11) is 0. The molecule has 58 valence electrons. The number of hydrogen-bond donors (Lipinski definition) is 0. The molecule has 0 unspecified atom stereocenters. The van der Waals surface area contributed by atoms with E-state index in [1.807, 2.05) is 13.8 Å². The minimum Gasteiger partial charge on any atom is -0.359 e. The third-order valence-electron chi connectivity index (χ3n) is 1.54. The number of hydrogen-bond acceptors (Lipinski definition) is 4. The van der Waals surface area contributed by atoms with Gasteiger partial charge in [0.25, 0.3) is 0 Å². The summed E-state index contributed by atoms with van der Waals surface area (Å²) in [5.74, 6) is 0.630. The first-order chi connectivity index (χ1) is 5.25. The lowest BCUT2D eigenvalue weighted by Crippen LogP contribution is -1.81. The maximum absolute atomic E-state index is 9.74. The van der Waals surface area contributed by atoms with Gasteiger partial charge in [0.15, 0.2) is 5.76 Å². The molecule has 1 aromatic heterocycles. The van der Waals surface area contributed by atoms with Crippen LogP contribution in [0.25, 0.3) is 0 Å². The van der Waals surface area contributed by atoms with E-state index in [4.69, 9.17) is 4.52 Å². The van der Waals surface area contributed by atoms with Gasteiger partial charge in [0, 0.05) is 5.56 Å². The summed E-state index contributed by atoms with van der Waals surface area (Å²) in [6.07, 6.45) is 1.44. The van der Waals surface area contributed by atoms with E-state index in [-0.39, 0.29) is 6.54 Å². The lowest BCUT2D eigenvalue weighted by atomic mass is 10.2. The second-order valence-electron chi connectivity index (χ2n) is 2.22. The fourth-order valence-corrected chi connectivity index (χ4v) is 0.714. The van der Waals surface area contributed by atoms with Crippen molar-refractivity contribution in [1.29, 1.82) is 0 Å². The zero-order valence-corrected chi connectivity index (χ0v) is 6.42. The van der Waals surface area contributed by atoms with E-state index in [0.717, 1.165) is 11.3 Å². The maximum Gasteiger partial charge on any atom is 0.235 e. The predicted octanol–water partition coefficient (Wildman–Crippen LogP) is 1.13. The Balaban J connectivity index is 2.86. The van der Waals surface area contributed by atoms with Crippen LogP contribution in [0, 0.1) is 13.8 Å². The third kappa shape index (κ3) is 1.53. The molecule has 0 aromatic carbocycles. The minimum atomic E-state index is 0.232. The molecule has 4 heteroatoms. The number of nitrogens with zero attached hydrogens (tertiary/aromatic N) is 2. The Hall–Kier alpha value is -1.41. The van der Waals surface area contributed by atoms with Crippen molar-refractivity contribution in [2.45, 2.75) is 20.4 Å². The molecule has 1 heterocycles. The summed E-state index contributed by atoms with van der Waals surface area (Å²) in [6.45, 7) is 3.95. The highest BCUT2D eigenvalue weighted by molar-refractivity contribution is 5.33. The van der Waals surface area contributed by atoms with E-state index in [2.05, 4.69) is 10.1 Å². The fraction of sp³-hybridized carbons (Fsp3) is 0.429. The van der Waals surface area contributed by atoms with Crippen LogP contribution in [0.1, 0.15) is 17.0 Å². The van der Waals surface area contributed by atoms with Gasteiger partial charge < -0.3 is 4.52 Å². The molecule has 0 saturated heterocycles. The Morgan fingerprint density at radius 1 is 1.64 bits per heavy atom. The highest BCUT2D eigenvalue weighted by Crippen LogP contribution is 2.11. The summed E-state index contributed by atoms with van der Waals surface area (Å²) in [6, 6.07) is 0. The van der Waals surface area contributed by atoms with E-state index in [1.54, 1.807) is 0 Å². The highest BCUT2D eigenvalue weighted by Gasteiger charge is 2.06. The number of aliphatic imine (C=N–C) groups is 1. The Kier molecular flexibility index (Phi) is 2.18. The van der Waals surface area contributed by atoms with Crippen LogP contribution in [-0.2, 0) is 11.3 Å². The van der Waals surface area contributed by atoms with Gasteiger partial charge in [-0.3, -0.25) is 0 Å². The van der Waals surface area contributed by atoms with Gasteiger partial charge in [-0.15, -0.1) is 0 Å². The molecule has 0 atom stereocenters. The first-order valence-electron chi connectivity index (χ1n) is 3.21. The van der Waals surface area contributed by atoms with Crippen LogP contribution in [0.3, 0.4) is 0 Å². The van der Waals surface area contributed by atoms with E-state index in [9.17, 15) is 4.79 Å². The molecule has 0 spiro atoms. The normalized spacial score (nSPS) is 9.27. The fourth-order valence-electron chi connectivity index (χ4n) is 0.714. The zero-order valence-electron chi connectivity index (χ0n) is 6.42. The molecule has 0 amide bonds. The summed E-state index contributed by atoms with van der Waals surface area (Å²) in [4.78, 5) is 13.1. The Labute approximate surface area is 63.9 Å². The van der Waals surface area contributed by atoms with Crippen molar-refractivity contribution in [3.8, 4) is 0 Å². The molecular formula is C7H8N2O2. The average Bonchev–Trinajstić information content (AvgIpc) is 2.31. The topological polar surface area (TPSA) is 55.5 Å². The van der Waals surface area contributed by atoms with Gasteiger partial charge in [0.05, 0.1) is 5.69 Å². The highest BCUT2D eigenvalue weighted by atomic mass is 16.5. The molecule has 4 nitrogen and oxygen atoms in total. The second-order valence-corrected chi connectivity index (χ2v) is 2.22. The number of isocyanates is 1. The van der Waals surface area contributed by atoms with Gasteiger partial charge in [-0.05, 0) is 13.8 Å². The number of aromatic nitrogens is 1. The first-order valence-corrected chi connectivity index (χ1v) is 3.21. The van der Waals surface area contributed by atoms with E-state index >= 15 is 0 Å². The third-order valence-corrected chi connectivity index (χ3v) is 1.54. The van der Waals surface area contributed by atoms with Crippen LogP contribution in [-0.4, -0.2) is 11.2 Å². The molecule has 11 heavy (non-hydrogen) atoms. The molecule has 0 fully saturated rings. The van der Waals surface area contributed by atoms with Gasteiger partial charge in [0.2, 0.25) is 6.08 Å². The number of carbonyl (C=O) groups excluding carboxylic acids is 1. The molecule has 0 aliphatic rings. The monoisotopic (exact) mass is 152 g/mol. The van der Waals surface area contributed by atoms with Crippen molar-refractivity contribution in [1.82, 2.24) is 5.16 Å². The van der Waals surface area contributed by atoms with E-state index in [0.29, 0.717) is 5.76 Å². The van der Waals surface area contributed by atoms with Crippen molar-refractivity contribution in [3.63, 3.8) is 0 Å². The van der Waals surface area contributed by atoms with Crippen LogP contribution in [0.15, 0.2) is 9.52 Å². The van der Waals surface area contributed by atoms with Crippen LogP contribution in [0.4, 0.5) is 0 Å². The first kappa shape index (κ1) is 7.69. The lowest BCUT2D eigenvalue weighted by molar-refractivity contribution is 0.380. The molecule has 0 saturated carbocycles. The Morgan fingerprint density at radius 2 is 2.36 bits per heavy atom. The van der Waals surface area contributed by atoms with E-state index in [1.165, 1.54) is 6.08 Å². The average molecular weight is 152 g/mol. The van der Waals surface area contributed by atoms with Gasteiger partial charge in [-0.2, -0.15) is 4.99 Å². The molecule has 1 aromatic rings. The van der Waals surface area contributed by atoms with Gasteiger partial charge in [-0.1, -0.05) is 5.16 Å². The van der Waals surface area contributed by atoms with Crippen LogP contribution in [0.5, 0.6) is 0 Å². The van der Waals surface area contributed by atoms with E-state index < -0.39 is 0 Å². The zero-order chi connectivity index (χ0) is 8.27. The molecule has 0 aliphatic heterocycles. The van der Waals surface area contributed by atoms with Gasteiger partial charge in [0.1, 0.15) is 6.54 Å². The van der Waals surface area contributed by atoms with Crippen molar-refractivity contribution in [2.75, 3.05) is 0 Å². The number of rotatable bonds is 2. The summed E-state index contributed by atoms with van der Waals surface area (Å²) in [5.41, 5.74) is 1.78. The Bertz CT molecular complexity index is 297. The Morgan fingerprint density at radius 3 is 2.82 bits per heavy atom. The van der Waals surface area contributed by atoms with Crippen molar-refractivity contribution in [3.05, 3.63) is 17.0 Å². The van der Waals surface area contributed by atoms with Crippen molar-refractivity contribution in [2.24, 2.45) is 4.99 Å². The minimum absolute atomic E-state index is 0.232. The second kappa shape index (κ2) is 3.12. The van der Waals surface area contributed by atoms with Gasteiger partial charge >= 0.3 is 0 Å². The predicted molar refractivity (Wildman–Crippen MR) is 37.8 cm³/mol. The molecule has 0 N–H and O–H groups in total. The maximum atomic E-state index is 9.74. The standard InChI is InChI=1S/C7H8N2O2/c1-5-6(2)9-11-7(5)3-8-4-10/h3H2,1-2H3. The summed E-state index contributed by atoms with van der Waals surface area (Å²) < 4.78 is 4.87. The molecule has 0 radical (unpaired) electrons. The SMILES string of the molecule is Cc1noc(CN=C=O)c1C. The summed E-state index contributed by atoms with van der Waals surface area (Å²) in [5, 5.41) is 3.70. The summed E-state index contributed by atoms with van der Waals surface area (Å²) >= 11 is 0. The van der Waals surface area contributed by atoms with Crippen LogP contribution in [0.2, 0.25) is 0 Å². The molecule has 0 bridgehead atoms. The van der Waals surface area contributed by atoms with Crippen molar-refractivity contribution >= 4 is 6.08 Å². The van der Waals surface area contributed by atoms with Crippen LogP contribution >= 0.6 is 0 Å². The quantitative estimate of drug-likeness (QED) is 0.471. The smallest absolute Gasteiger partial charge is 0.235 e. The lowest BCUT2D eigenvalue weighted by Gasteiger charge is -1.86. The van der Waals surface area contributed by atoms with Gasteiger partial charge in [-0.25, -0.2) is 4.79 Å². The number of aryl methyl sites for hydroxylation is 1. The van der Waals surface area contributed by atoms with Crippen molar-refractivity contribution < 1.29 is 9.32 Å².